The van der Waals surface area contributed by atoms with Crippen LogP contribution in [0.25, 0.3) is 10.8 Å². The van der Waals surface area contributed by atoms with Gasteiger partial charge in [-0.25, -0.2) is 8.42 Å². The maximum absolute atomic E-state index is 12.3. The largest absolute Gasteiger partial charge is 0.327 e. The molecule has 0 aliphatic carbocycles. The van der Waals surface area contributed by atoms with Gasteiger partial charge in [-0.3, -0.25) is 0 Å². The predicted octanol–water partition coefficient (Wildman–Crippen LogP) is 2.74. The maximum Gasteiger partial charge on any atom is 0.179 e. The van der Waals surface area contributed by atoms with E-state index >= 15 is 0 Å². The molecule has 2 rings (SSSR count). The molecule has 0 bridgehead atoms. The topological polar surface area (TPSA) is 60.2 Å². The second-order valence-electron chi connectivity index (χ2n) is 4.84. The summed E-state index contributed by atoms with van der Waals surface area (Å²) in [6, 6.07) is 12.7. The van der Waals surface area contributed by atoms with Crippen molar-refractivity contribution in [1.29, 1.82) is 0 Å². The van der Waals surface area contributed by atoms with E-state index in [0.717, 1.165) is 23.6 Å². The highest BCUT2D eigenvalue weighted by Crippen LogP contribution is 2.20. The Morgan fingerprint density at radius 2 is 1.79 bits per heavy atom. The second kappa shape index (κ2) is 5.72. The Morgan fingerprint density at radius 3 is 2.47 bits per heavy atom. The molecule has 2 N–H and O–H groups in total. The van der Waals surface area contributed by atoms with Gasteiger partial charge in [-0.05, 0) is 29.3 Å². The minimum absolute atomic E-state index is 0.0131. The molecule has 1 unspecified atom stereocenters. The monoisotopic (exact) mass is 277 g/mol. The normalized spacial score (nSPS) is 13.6. The fraction of sp³-hybridized carbons (Fsp3) is 0.333. The van der Waals surface area contributed by atoms with E-state index in [0.29, 0.717) is 4.90 Å². The Bertz CT molecular complexity index is 665. The average molecular weight is 277 g/mol. The summed E-state index contributed by atoms with van der Waals surface area (Å²) in [5, 5.41) is 1.98. The van der Waals surface area contributed by atoms with Gasteiger partial charge < -0.3 is 5.73 Å². The molecule has 0 aliphatic heterocycles. The summed E-state index contributed by atoms with van der Waals surface area (Å²) < 4.78 is 24.6. The molecule has 2 aromatic rings. The van der Waals surface area contributed by atoms with Crippen molar-refractivity contribution in [1.82, 2.24) is 0 Å². The molecule has 102 valence electrons. The number of nitrogens with two attached hydrogens (primary N) is 1. The highest BCUT2D eigenvalue weighted by Gasteiger charge is 2.18. The van der Waals surface area contributed by atoms with Gasteiger partial charge in [0, 0.05) is 6.04 Å². The molecular weight excluding hydrogens is 258 g/mol. The zero-order valence-electron chi connectivity index (χ0n) is 11.0. The first-order valence-corrected chi connectivity index (χ1v) is 8.15. The minimum Gasteiger partial charge on any atom is -0.327 e. The van der Waals surface area contributed by atoms with Crippen LogP contribution in [0.3, 0.4) is 0 Å². The lowest BCUT2D eigenvalue weighted by Crippen LogP contribution is -2.29. The van der Waals surface area contributed by atoms with Crippen LogP contribution in [0.5, 0.6) is 0 Å². The summed E-state index contributed by atoms with van der Waals surface area (Å²) in [5.74, 6) is 0.0131. The van der Waals surface area contributed by atoms with Crippen molar-refractivity contribution in [3.05, 3.63) is 42.5 Å². The third-order valence-corrected chi connectivity index (χ3v) is 5.01. The molecule has 0 fully saturated rings. The Balaban J connectivity index is 2.32. The van der Waals surface area contributed by atoms with E-state index in [2.05, 4.69) is 0 Å². The Labute approximate surface area is 114 Å². The molecule has 0 aromatic heterocycles. The summed E-state index contributed by atoms with van der Waals surface area (Å²) in [7, 11) is -3.30. The van der Waals surface area contributed by atoms with Crippen LogP contribution in [0.4, 0.5) is 0 Å². The van der Waals surface area contributed by atoms with E-state index in [1.54, 1.807) is 12.1 Å². The van der Waals surface area contributed by atoms with Crippen molar-refractivity contribution < 1.29 is 8.42 Å². The van der Waals surface area contributed by atoms with Crippen LogP contribution in [0.2, 0.25) is 0 Å². The number of hydrogen-bond donors (Lipinski definition) is 1. The molecule has 4 heteroatoms. The summed E-state index contributed by atoms with van der Waals surface area (Å²) >= 11 is 0. The van der Waals surface area contributed by atoms with Crippen molar-refractivity contribution >= 4 is 20.6 Å². The van der Waals surface area contributed by atoms with E-state index in [9.17, 15) is 8.42 Å². The number of rotatable bonds is 5. The molecule has 3 nitrogen and oxygen atoms in total. The van der Waals surface area contributed by atoms with E-state index in [1.807, 2.05) is 37.3 Å². The molecule has 19 heavy (non-hydrogen) atoms. The van der Waals surface area contributed by atoms with Crippen molar-refractivity contribution in [3.63, 3.8) is 0 Å². The highest BCUT2D eigenvalue weighted by molar-refractivity contribution is 7.91. The Morgan fingerprint density at radius 1 is 1.11 bits per heavy atom. The molecule has 1 atom stereocenters. The summed E-state index contributed by atoms with van der Waals surface area (Å²) in [6.45, 7) is 2.00. The molecule has 0 amide bonds. The average Bonchev–Trinajstić information content (AvgIpc) is 2.37. The standard InChI is InChI=1S/C15H19NO2S/c1-2-5-14(16)11-19(17,18)15-9-8-12-6-3-4-7-13(12)10-15/h3-4,6-10,14H,2,5,11,16H2,1H3. The van der Waals surface area contributed by atoms with Gasteiger partial charge in [0.15, 0.2) is 9.84 Å². The molecule has 0 aliphatic rings. The van der Waals surface area contributed by atoms with Crippen molar-refractivity contribution in [3.8, 4) is 0 Å². The van der Waals surface area contributed by atoms with Gasteiger partial charge in [0.25, 0.3) is 0 Å². The van der Waals surface area contributed by atoms with Gasteiger partial charge >= 0.3 is 0 Å². The lowest BCUT2D eigenvalue weighted by Gasteiger charge is -2.11. The SMILES string of the molecule is CCCC(N)CS(=O)(=O)c1ccc2ccccc2c1. The first kappa shape index (κ1) is 14.0. The Kier molecular flexibility index (Phi) is 4.22. The Hall–Kier alpha value is -1.39. The number of fused-ring (bicyclic) bond motifs is 1. The smallest absolute Gasteiger partial charge is 0.179 e. The van der Waals surface area contributed by atoms with Gasteiger partial charge in [0.1, 0.15) is 0 Å². The minimum atomic E-state index is -3.30. The quantitative estimate of drug-likeness (QED) is 0.914. The summed E-state index contributed by atoms with van der Waals surface area (Å²) in [6.07, 6.45) is 1.63. The zero-order chi connectivity index (χ0) is 13.9. The van der Waals surface area contributed by atoms with Crippen LogP contribution < -0.4 is 5.73 Å². The first-order chi connectivity index (χ1) is 9.03. The maximum atomic E-state index is 12.3. The molecule has 2 aromatic carbocycles. The fourth-order valence-electron chi connectivity index (χ4n) is 2.19. The van der Waals surface area contributed by atoms with Gasteiger partial charge in [-0.2, -0.15) is 0 Å². The van der Waals surface area contributed by atoms with Gasteiger partial charge in [0.2, 0.25) is 0 Å². The lowest BCUT2D eigenvalue weighted by molar-refractivity contribution is 0.577. The van der Waals surface area contributed by atoms with Crippen LogP contribution in [-0.2, 0) is 9.84 Å². The second-order valence-corrected chi connectivity index (χ2v) is 6.87. The van der Waals surface area contributed by atoms with Crippen LogP contribution in [-0.4, -0.2) is 20.2 Å². The van der Waals surface area contributed by atoms with Gasteiger partial charge in [0.05, 0.1) is 10.6 Å². The molecule has 0 heterocycles. The number of sulfone groups is 1. The third-order valence-electron chi connectivity index (χ3n) is 3.17. The fourth-order valence-corrected chi connectivity index (χ4v) is 3.70. The van der Waals surface area contributed by atoms with E-state index in [1.165, 1.54) is 0 Å². The molecule has 0 spiro atoms. The molecule has 0 saturated heterocycles. The van der Waals surface area contributed by atoms with E-state index in [-0.39, 0.29) is 11.8 Å². The predicted molar refractivity (Wildman–Crippen MR) is 78.9 cm³/mol. The molecule has 0 radical (unpaired) electrons. The van der Waals surface area contributed by atoms with Gasteiger partial charge in [-0.1, -0.05) is 43.7 Å². The highest BCUT2D eigenvalue weighted by atomic mass is 32.2. The zero-order valence-corrected chi connectivity index (χ0v) is 11.9. The summed E-state index contributed by atoms with van der Waals surface area (Å²) in [5.41, 5.74) is 5.84. The van der Waals surface area contributed by atoms with Crippen molar-refractivity contribution in [2.45, 2.75) is 30.7 Å². The van der Waals surface area contributed by atoms with Crippen LogP contribution in [0.15, 0.2) is 47.4 Å². The van der Waals surface area contributed by atoms with Crippen LogP contribution >= 0.6 is 0 Å². The van der Waals surface area contributed by atoms with E-state index < -0.39 is 9.84 Å². The number of benzene rings is 2. The third kappa shape index (κ3) is 3.33. The van der Waals surface area contributed by atoms with E-state index in [4.69, 9.17) is 5.73 Å². The number of hydrogen-bond acceptors (Lipinski definition) is 3. The van der Waals surface area contributed by atoms with Gasteiger partial charge in [-0.15, -0.1) is 0 Å². The van der Waals surface area contributed by atoms with Crippen molar-refractivity contribution in [2.75, 3.05) is 5.75 Å². The van der Waals surface area contributed by atoms with Crippen LogP contribution in [0, 0.1) is 0 Å². The van der Waals surface area contributed by atoms with Crippen LogP contribution in [0.1, 0.15) is 19.8 Å². The summed E-state index contributed by atoms with van der Waals surface area (Å²) in [4.78, 5) is 0.359. The lowest BCUT2D eigenvalue weighted by atomic mass is 10.1. The first-order valence-electron chi connectivity index (χ1n) is 6.50. The molecular formula is C15H19NO2S. The van der Waals surface area contributed by atoms with Crippen molar-refractivity contribution in [2.24, 2.45) is 5.73 Å². The molecule has 0 saturated carbocycles.